The summed E-state index contributed by atoms with van der Waals surface area (Å²) < 4.78 is 18.6. The van der Waals surface area contributed by atoms with Crippen LogP contribution >= 0.6 is 27.5 Å². The minimum absolute atomic E-state index is 0.261. The molecule has 0 saturated carbocycles. The summed E-state index contributed by atoms with van der Waals surface area (Å²) in [5.41, 5.74) is 1.14. The van der Waals surface area contributed by atoms with E-state index in [1.165, 1.54) is 17.6 Å². The van der Waals surface area contributed by atoms with Gasteiger partial charge in [0, 0.05) is 10.9 Å². The molecule has 3 rings (SSSR count). The lowest BCUT2D eigenvalue weighted by Crippen LogP contribution is -1.86. The third-order valence-corrected chi connectivity index (χ3v) is 4.04. The quantitative estimate of drug-likeness (QED) is 0.671. The van der Waals surface area contributed by atoms with E-state index < -0.39 is 0 Å². The lowest BCUT2D eigenvalue weighted by molar-refractivity contribution is 0.631. The molecule has 0 aliphatic rings. The van der Waals surface area contributed by atoms with E-state index in [9.17, 15) is 4.39 Å². The molecule has 0 amide bonds. The van der Waals surface area contributed by atoms with E-state index in [1.54, 1.807) is 24.3 Å². The highest BCUT2D eigenvalue weighted by molar-refractivity contribution is 9.10. The van der Waals surface area contributed by atoms with Crippen molar-refractivity contribution in [1.82, 2.24) is 9.36 Å². The highest BCUT2D eigenvalue weighted by atomic mass is 79.9. The summed E-state index contributed by atoms with van der Waals surface area (Å²) in [6, 6.07) is 10.3. The normalized spacial score (nSPS) is 10.9. The molecule has 2 heterocycles. The monoisotopic (exact) mass is 308 g/mol. The van der Waals surface area contributed by atoms with Crippen LogP contribution in [-0.4, -0.2) is 9.36 Å². The van der Waals surface area contributed by atoms with Gasteiger partial charge in [-0.2, -0.15) is 4.37 Å². The Morgan fingerprint density at radius 3 is 2.76 bits per heavy atom. The van der Waals surface area contributed by atoms with Crippen LogP contribution in [0.5, 0.6) is 0 Å². The zero-order chi connectivity index (χ0) is 11.8. The molecule has 0 atom stereocenters. The van der Waals surface area contributed by atoms with Gasteiger partial charge in [0.15, 0.2) is 0 Å². The summed E-state index contributed by atoms with van der Waals surface area (Å²) >= 11 is 4.65. The number of pyridine rings is 1. The van der Waals surface area contributed by atoms with E-state index in [-0.39, 0.29) is 5.82 Å². The Bertz CT molecular complexity index is 696. The van der Waals surface area contributed by atoms with Crippen molar-refractivity contribution < 1.29 is 4.39 Å². The average molecular weight is 309 g/mol. The van der Waals surface area contributed by atoms with Gasteiger partial charge in [0.1, 0.15) is 15.3 Å². The van der Waals surface area contributed by atoms with Gasteiger partial charge in [-0.05, 0) is 51.7 Å². The van der Waals surface area contributed by atoms with Crippen LogP contribution in [0, 0.1) is 5.82 Å². The van der Waals surface area contributed by atoms with Crippen LogP contribution in [0.3, 0.4) is 0 Å². The van der Waals surface area contributed by atoms with E-state index in [2.05, 4.69) is 25.3 Å². The van der Waals surface area contributed by atoms with Crippen molar-refractivity contribution in [3.05, 3.63) is 46.8 Å². The van der Waals surface area contributed by atoms with Crippen LogP contribution in [0.25, 0.3) is 21.5 Å². The first-order valence-corrected chi connectivity index (χ1v) is 6.49. The van der Waals surface area contributed by atoms with Gasteiger partial charge in [0.05, 0.1) is 5.69 Å². The Balaban J connectivity index is 2.22. The fraction of sp³-hybridized carbons (Fsp3) is 0. The Morgan fingerprint density at radius 2 is 1.94 bits per heavy atom. The molecule has 0 N–H and O–H groups in total. The van der Waals surface area contributed by atoms with Crippen molar-refractivity contribution in [3.63, 3.8) is 0 Å². The third-order valence-electron chi connectivity index (χ3n) is 2.44. The summed E-state index contributed by atoms with van der Waals surface area (Å²) in [5.74, 6) is -0.261. The average Bonchev–Trinajstić information content (AvgIpc) is 2.71. The van der Waals surface area contributed by atoms with Crippen molar-refractivity contribution in [2.45, 2.75) is 0 Å². The smallest absolute Gasteiger partial charge is 0.145 e. The van der Waals surface area contributed by atoms with Gasteiger partial charge in [0.2, 0.25) is 0 Å². The van der Waals surface area contributed by atoms with Crippen molar-refractivity contribution in [2.24, 2.45) is 0 Å². The van der Waals surface area contributed by atoms with E-state index in [0.717, 1.165) is 14.8 Å². The standard InChI is InChI=1S/C12H6BrFN2S/c13-11-8-5-6-10(15-12(8)17-16-11)7-3-1-2-4-9(7)14/h1-6H. The Hall–Kier alpha value is -1.33. The lowest BCUT2D eigenvalue weighted by atomic mass is 10.1. The summed E-state index contributed by atoms with van der Waals surface area (Å²) in [6.07, 6.45) is 0. The molecule has 0 aliphatic carbocycles. The molecule has 2 aromatic heterocycles. The minimum atomic E-state index is -0.261. The van der Waals surface area contributed by atoms with E-state index >= 15 is 0 Å². The van der Waals surface area contributed by atoms with Crippen LogP contribution in [0.4, 0.5) is 4.39 Å². The summed E-state index contributed by atoms with van der Waals surface area (Å²) in [7, 11) is 0. The number of nitrogens with zero attached hydrogens (tertiary/aromatic N) is 2. The molecule has 17 heavy (non-hydrogen) atoms. The topological polar surface area (TPSA) is 25.8 Å². The minimum Gasteiger partial charge on any atom is -0.235 e. The number of hydrogen-bond donors (Lipinski definition) is 0. The maximum atomic E-state index is 13.6. The van der Waals surface area contributed by atoms with Crippen LogP contribution < -0.4 is 0 Å². The summed E-state index contributed by atoms with van der Waals surface area (Å²) in [6.45, 7) is 0. The maximum Gasteiger partial charge on any atom is 0.145 e. The molecule has 5 heteroatoms. The largest absolute Gasteiger partial charge is 0.235 e. The predicted molar refractivity (Wildman–Crippen MR) is 70.5 cm³/mol. The van der Waals surface area contributed by atoms with Gasteiger partial charge in [-0.15, -0.1) is 0 Å². The van der Waals surface area contributed by atoms with Crippen molar-refractivity contribution in [3.8, 4) is 11.3 Å². The highest BCUT2D eigenvalue weighted by Gasteiger charge is 2.09. The Morgan fingerprint density at radius 1 is 1.12 bits per heavy atom. The Labute approximate surface area is 109 Å². The van der Waals surface area contributed by atoms with Gasteiger partial charge in [-0.25, -0.2) is 9.37 Å². The number of hydrogen-bond acceptors (Lipinski definition) is 3. The van der Waals surface area contributed by atoms with Gasteiger partial charge < -0.3 is 0 Å². The fourth-order valence-corrected chi connectivity index (χ4v) is 2.95. The fourth-order valence-electron chi connectivity index (χ4n) is 1.62. The first kappa shape index (κ1) is 10.8. The number of aromatic nitrogens is 2. The first-order valence-electron chi connectivity index (χ1n) is 4.92. The lowest BCUT2D eigenvalue weighted by Gasteiger charge is -2.01. The molecule has 0 unspecified atom stereocenters. The van der Waals surface area contributed by atoms with E-state index in [4.69, 9.17) is 0 Å². The predicted octanol–water partition coefficient (Wildman–Crippen LogP) is 4.26. The van der Waals surface area contributed by atoms with Gasteiger partial charge in [-0.3, -0.25) is 0 Å². The maximum absolute atomic E-state index is 13.6. The van der Waals surface area contributed by atoms with Gasteiger partial charge in [0.25, 0.3) is 0 Å². The molecule has 0 fully saturated rings. The van der Waals surface area contributed by atoms with Crippen LogP contribution in [0.1, 0.15) is 0 Å². The molecule has 1 aromatic carbocycles. The van der Waals surface area contributed by atoms with Crippen LogP contribution in [-0.2, 0) is 0 Å². The molecule has 0 saturated heterocycles. The highest BCUT2D eigenvalue weighted by Crippen LogP contribution is 2.29. The second-order valence-electron chi connectivity index (χ2n) is 3.50. The van der Waals surface area contributed by atoms with Crippen LogP contribution in [0.2, 0.25) is 0 Å². The van der Waals surface area contributed by atoms with Crippen molar-refractivity contribution in [2.75, 3.05) is 0 Å². The molecule has 0 radical (unpaired) electrons. The van der Waals surface area contributed by atoms with E-state index in [1.807, 2.05) is 6.07 Å². The molecular formula is C12H6BrFN2S. The van der Waals surface area contributed by atoms with Gasteiger partial charge >= 0.3 is 0 Å². The first-order chi connectivity index (χ1) is 8.25. The molecule has 0 spiro atoms. The molecular weight excluding hydrogens is 303 g/mol. The van der Waals surface area contributed by atoms with Gasteiger partial charge in [-0.1, -0.05) is 12.1 Å². The number of rotatable bonds is 1. The molecule has 0 aliphatic heterocycles. The molecule has 0 bridgehead atoms. The second-order valence-corrected chi connectivity index (χ2v) is 5.01. The zero-order valence-electron chi connectivity index (χ0n) is 8.52. The zero-order valence-corrected chi connectivity index (χ0v) is 10.9. The SMILES string of the molecule is Fc1ccccc1-c1ccc2c(Br)nsc2n1. The second kappa shape index (κ2) is 4.16. The number of halogens is 2. The van der Waals surface area contributed by atoms with Crippen LogP contribution in [0.15, 0.2) is 41.0 Å². The molecule has 2 nitrogen and oxygen atoms in total. The number of benzene rings is 1. The Kier molecular flexibility index (Phi) is 2.64. The number of fused-ring (bicyclic) bond motifs is 1. The molecule has 3 aromatic rings. The molecule has 84 valence electrons. The van der Waals surface area contributed by atoms with Crippen molar-refractivity contribution in [1.29, 1.82) is 0 Å². The van der Waals surface area contributed by atoms with E-state index in [0.29, 0.717) is 11.3 Å². The summed E-state index contributed by atoms with van der Waals surface area (Å²) in [5, 5.41) is 0.954. The summed E-state index contributed by atoms with van der Waals surface area (Å²) in [4.78, 5) is 5.22. The van der Waals surface area contributed by atoms with Crippen molar-refractivity contribution >= 4 is 37.7 Å². The third kappa shape index (κ3) is 1.85.